The van der Waals surface area contributed by atoms with Gasteiger partial charge in [0.1, 0.15) is 17.3 Å². The third kappa shape index (κ3) is 3.97. The molecule has 3 N–H and O–H groups in total. The molecule has 0 spiro atoms. The summed E-state index contributed by atoms with van der Waals surface area (Å²) >= 11 is 12.8. The molecule has 0 fully saturated rings. The number of nitrogen functional groups attached to an aromatic ring is 1. The highest BCUT2D eigenvalue weighted by Crippen LogP contribution is 2.43. The molecule has 2 rings (SSSR count). The molecule has 0 aliphatic heterocycles. The summed E-state index contributed by atoms with van der Waals surface area (Å²) in [5.74, 6) is 1.13. The number of ether oxygens (including phenoxy) is 2. The van der Waals surface area contributed by atoms with Crippen LogP contribution < -0.4 is 20.5 Å². The number of amides is 1. The summed E-state index contributed by atoms with van der Waals surface area (Å²) in [7, 11) is 2.95. The SMILES string of the molecule is COc1cc(OC)c(Cl)c(/C(=C/c2cnc(N)cc2C)NC=O)c1Cl. The number of anilines is 1. The number of rotatable bonds is 6. The van der Waals surface area contributed by atoms with Gasteiger partial charge in [0.2, 0.25) is 6.41 Å². The average Bonchev–Trinajstić information content (AvgIpc) is 2.58. The molecule has 25 heavy (non-hydrogen) atoms. The first-order chi connectivity index (χ1) is 11.9. The van der Waals surface area contributed by atoms with Crippen LogP contribution in [-0.2, 0) is 4.79 Å². The summed E-state index contributed by atoms with van der Waals surface area (Å²) in [5, 5.41) is 3.11. The number of halogens is 2. The zero-order chi connectivity index (χ0) is 18.6. The zero-order valence-corrected chi connectivity index (χ0v) is 15.4. The van der Waals surface area contributed by atoms with E-state index in [4.69, 9.17) is 38.4 Å². The quantitative estimate of drug-likeness (QED) is 0.747. The van der Waals surface area contributed by atoms with Gasteiger partial charge >= 0.3 is 0 Å². The monoisotopic (exact) mass is 381 g/mol. The second-order valence-electron chi connectivity index (χ2n) is 5.07. The van der Waals surface area contributed by atoms with E-state index in [1.807, 2.05) is 6.92 Å². The molecule has 1 amide bonds. The van der Waals surface area contributed by atoms with Crippen LogP contribution in [0.2, 0.25) is 10.0 Å². The largest absolute Gasteiger partial charge is 0.495 e. The van der Waals surface area contributed by atoms with Crippen LogP contribution in [0.25, 0.3) is 11.8 Å². The average molecular weight is 382 g/mol. The van der Waals surface area contributed by atoms with Crippen LogP contribution in [0, 0.1) is 6.92 Å². The van der Waals surface area contributed by atoms with E-state index in [1.165, 1.54) is 14.2 Å². The van der Waals surface area contributed by atoms with Crippen LogP contribution in [0.1, 0.15) is 16.7 Å². The first-order valence-corrected chi connectivity index (χ1v) is 7.92. The summed E-state index contributed by atoms with van der Waals surface area (Å²) in [5.41, 5.74) is 8.04. The number of nitrogens with two attached hydrogens (primary N) is 1. The molecule has 0 aliphatic carbocycles. The number of pyridine rings is 1. The number of carbonyl (C=O) groups is 1. The Hall–Kier alpha value is -2.44. The molecular weight excluding hydrogens is 365 g/mol. The number of aromatic nitrogens is 1. The van der Waals surface area contributed by atoms with E-state index in [0.717, 1.165) is 11.1 Å². The summed E-state index contributed by atoms with van der Waals surface area (Å²) in [6.07, 6.45) is 3.82. The van der Waals surface area contributed by atoms with E-state index in [0.29, 0.717) is 35.0 Å². The number of nitrogens with zero attached hydrogens (tertiary/aromatic N) is 1. The molecular formula is C17H17Cl2N3O3. The van der Waals surface area contributed by atoms with Crippen molar-refractivity contribution < 1.29 is 14.3 Å². The van der Waals surface area contributed by atoms with Crippen molar-refractivity contribution >= 4 is 47.2 Å². The summed E-state index contributed by atoms with van der Waals surface area (Å²) in [6, 6.07) is 3.29. The van der Waals surface area contributed by atoms with E-state index in [2.05, 4.69) is 10.3 Å². The van der Waals surface area contributed by atoms with Crippen molar-refractivity contribution in [3.8, 4) is 11.5 Å². The lowest BCUT2D eigenvalue weighted by Crippen LogP contribution is -2.11. The van der Waals surface area contributed by atoms with Gasteiger partial charge in [-0.1, -0.05) is 23.2 Å². The van der Waals surface area contributed by atoms with Gasteiger partial charge in [0, 0.05) is 17.8 Å². The number of hydrogen-bond acceptors (Lipinski definition) is 5. The van der Waals surface area contributed by atoms with Crippen LogP contribution in [0.15, 0.2) is 18.3 Å². The van der Waals surface area contributed by atoms with E-state index in [9.17, 15) is 4.79 Å². The minimum atomic E-state index is 0.245. The van der Waals surface area contributed by atoms with E-state index >= 15 is 0 Å². The van der Waals surface area contributed by atoms with Gasteiger partial charge in [0.05, 0.1) is 30.0 Å². The molecule has 1 heterocycles. The molecule has 0 unspecified atom stereocenters. The van der Waals surface area contributed by atoms with Gasteiger partial charge in [-0.3, -0.25) is 4.79 Å². The fraction of sp³-hybridized carbons (Fsp3) is 0.176. The zero-order valence-electron chi connectivity index (χ0n) is 13.9. The first kappa shape index (κ1) is 18.9. The molecule has 0 atom stereocenters. The van der Waals surface area contributed by atoms with Crippen LogP contribution in [0.5, 0.6) is 11.5 Å². The van der Waals surface area contributed by atoms with Crippen LogP contribution in [0.4, 0.5) is 5.82 Å². The molecule has 132 valence electrons. The minimum Gasteiger partial charge on any atom is -0.495 e. The topological polar surface area (TPSA) is 86.5 Å². The third-order valence-electron chi connectivity index (χ3n) is 3.53. The van der Waals surface area contributed by atoms with E-state index in [-0.39, 0.29) is 10.0 Å². The van der Waals surface area contributed by atoms with Gasteiger partial charge < -0.3 is 20.5 Å². The molecule has 0 saturated heterocycles. The summed E-state index contributed by atoms with van der Waals surface area (Å²) in [4.78, 5) is 15.2. The standard InChI is InChI=1S/C17H17Cl2N3O3/c1-9-4-14(20)21-7-10(9)5-11(22-8-23)15-16(18)12(24-2)6-13(25-3)17(15)19/h4-8H,1-3H3,(H2,20,21)(H,22,23)/b11-5-. The molecule has 0 bridgehead atoms. The fourth-order valence-corrected chi connectivity index (χ4v) is 2.97. The maximum Gasteiger partial charge on any atom is 0.211 e. The Bertz CT molecular complexity index is 810. The van der Waals surface area contributed by atoms with Gasteiger partial charge in [-0.25, -0.2) is 4.98 Å². The highest BCUT2D eigenvalue weighted by molar-refractivity contribution is 6.39. The maximum absolute atomic E-state index is 11.1. The van der Waals surface area contributed by atoms with Crippen molar-refractivity contribution in [3.63, 3.8) is 0 Å². The molecule has 0 saturated carbocycles. The lowest BCUT2D eigenvalue weighted by atomic mass is 10.1. The van der Waals surface area contributed by atoms with Crippen molar-refractivity contribution in [2.45, 2.75) is 6.92 Å². The number of aryl methyl sites for hydroxylation is 1. The smallest absolute Gasteiger partial charge is 0.211 e. The van der Waals surface area contributed by atoms with E-state index in [1.54, 1.807) is 24.4 Å². The van der Waals surface area contributed by atoms with Gasteiger partial charge in [0.15, 0.2) is 0 Å². The third-order valence-corrected chi connectivity index (χ3v) is 4.28. The minimum absolute atomic E-state index is 0.245. The van der Waals surface area contributed by atoms with Crippen molar-refractivity contribution in [2.75, 3.05) is 20.0 Å². The Morgan fingerprint density at radius 1 is 1.20 bits per heavy atom. The second kappa shape index (κ2) is 8.09. The molecule has 6 nitrogen and oxygen atoms in total. The Kier molecular flexibility index (Phi) is 6.12. The highest BCUT2D eigenvalue weighted by Gasteiger charge is 2.20. The molecule has 0 radical (unpaired) electrons. The number of nitrogens with one attached hydrogen (secondary N) is 1. The summed E-state index contributed by atoms with van der Waals surface area (Å²) in [6.45, 7) is 1.87. The second-order valence-corrected chi connectivity index (χ2v) is 5.83. The van der Waals surface area contributed by atoms with Gasteiger partial charge in [-0.15, -0.1) is 0 Å². The lowest BCUT2D eigenvalue weighted by molar-refractivity contribution is -0.108. The number of carbonyl (C=O) groups excluding carboxylic acids is 1. The Morgan fingerprint density at radius 2 is 1.80 bits per heavy atom. The Morgan fingerprint density at radius 3 is 2.28 bits per heavy atom. The van der Waals surface area contributed by atoms with Gasteiger partial charge in [-0.2, -0.15) is 0 Å². The van der Waals surface area contributed by atoms with Crippen molar-refractivity contribution in [2.24, 2.45) is 0 Å². The van der Waals surface area contributed by atoms with Crippen LogP contribution in [-0.4, -0.2) is 25.6 Å². The normalized spacial score (nSPS) is 11.2. The van der Waals surface area contributed by atoms with E-state index < -0.39 is 0 Å². The lowest BCUT2D eigenvalue weighted by Gasteiger charge is -2.16. The van der Waals surface area contributed by atoms with Crippen LogP contribution in [0.3, 0.4) is 0 Å². The predicted octanol–water partition coefficient (Wildman–Crippen LogP) is 3.54. The predicted molar refractivity (Wildman–Crippen MR) is 100 cm³/mol. The number of benzene rings is 1. The van der Waals surface area contributed by atoms with Crippen molar-refractivity contribution in [1.82, 2.24) is 10.3 Å². The van der Waals surface area contributed by atoms with Gasteiger partial charge in [0.25, 0.3) is 0 Å². The highest BCUT2D eigenvalue weighted by atomic mass is 35.5. The van der Waals surface area contributed by atoms with Crippen molar-refractivity contribution in [1.29, 1.82) is 0 Å². The first-order valence-electron chi connectivity index (χ1n) is 7.17. The molecule has 0 aliphatic rings. The number of methoxy groups -OCH3 is 2. The molecule has 8 heteroatoms. The Labute approximate surface area is 155 Å². The molecule has 1 aromatic carbocycles. The van der Waals surface area contributed by atoms with Crippen molar-refractivity contribution in [3.05, 3.63) is 45.1 Å². The maximum atomic E-state index is 11.1. The summed E-state index contributed by atoms with van der Waals surface area (Å²) < 4.78 is 10.5. The Balaban J connectivity index is 2.72. The molecule has 1 aromatic heterocycles. The fourth-order valence-electron chi connectivity index (χ4n) is 2.27. The van der Waals surface area contributed by atoms with Gasteiger partial charge in [-0.05, 0) is 30.2 Å². The van der Waals surface area contributed by atoms with Crippen LogP contribution >= 0.6 is 23.2 Å². The number of hydrogen-bond donors (Lipinski definition) is 2. The molecule has 2 aromatic rings.